The van der Waals surface area contributed by atoms with E-state index in [9.17, 15) is 0 Å². The van der Waals surface area contributed by atoms with Gasteiger partial charge in [-0.3, -0.25) is 0 Å². The Hall–Kier alpha value is -1.81. The van der Waals surface area contributed by atoms with E-state index in [1.165, 1.54) is 0 Å². The lowest BCUT2D eigenvalue weighted by Gasteiger charge is -2.14. The third kappa shape index (κ3) is 2.24. The molecule has 0 fully saturated rings. The minimum Gasteiger partial charge on any atom is -0.496 e. The lowest BCUT2D eigenvalue weighted by molar-refractivity contribution is 0.408. The molecule has 0 saturated heterocycles. The Kier molecular flexibility index (Phi) is 3.62. The average molecular weight is 260 g/mol. The van der Waals surface area contributed by atoms with Gasteiger partial charge in [0.1, 0.15) is 17.2 Å². The van der Waals surface area contributed by atoms with Crippen LogP contribution in [0.2, 0.25) is 0 Å². The smallest absolute Gasteiger partial charge is 0.208 e. The molecule has 1 heterocycles. The summed E-state index contributed by atoms with van der Waals surface area (Å²) in [7, 11) is 1.70. The van der Waals surface area contributed by atoms with Crippen molar-refractivity contribution >= 4 is 0 Å². The molecule has 0 aliphatic heterocycles. The van der Waals surface area contributed by atoms with Crippen molar-refractivity contribution in [2.75, 3.05) is 7.11 Å². The molecule has 1 aromatic carbocycles. The van der Waals surface area contributed by atoms with Gasteiger partial charge in [-0.1, -0.05) is 0 Å². The van der Waals surface area contributed by atoms with E-state index in [4.69, 9.17) is 14.9 Å². The Morgan fingerprint density at radius 3 is 2.42 bits per heavy atom. The molecule has 19 heavy (non-hydrogen) atoms. The summed E-state index contributed by atoms with van der Waals surface area (Å²) in [6, 6.07) is 2.09. The first-order chi connectivity index (χ1) is 8.99. The molecule has 4 nitrogen and oxygen atoms in total. The number of hydrogen-bond acceptors (Lipinski definition) is 4. The molecule has 2 N–H and O–H groups in total. The first kappa shape index (κ1) is 13.6. The third-order valence-corrected chi connectivity index (χ3v) is 3.50. The predicted molar refractivity (Wildman–Crippen MR) is 75.3 cm³/mol. The van der Waals surface area contributed by atoms with Gasteiger partial charge >= 0.3 is 0 Å². The first-order valence-electron chi connectivity index (χ1n) is 6.31. The molecule has 0 unspecified atom stereocenters. The minimum absolute atomic E-state index is 0.313. The summed E-state index contributed by atoms with van der Waals surface area (Å²) >= 11 is 0. The molecule has 0 aliphatic carbocycles. The van der Waals surface area contributed by atoms with E-state index < -0.39 is 0 Å². The number of aromatic nitrogens is 1. The second-order valence-electron chi connectivity index (χ2n) is 4.74. The molecule has 0 spiro atoms. The maximum Gasteiger partial charge on any atom is 0.208 e. The quantitative estimate of drug-likeness (QED) is 0.921. The lowest BCUT2D eigenvalue weighted by Crippen LogP contribution is -1.98. The number of nitrogens with two attached hydrogens (primary N) is 1. The predicted octanol–water partition coefficient (Wildman–Crippen LogP) is 3.04. The van der Waals surface area contributed by atoms with Gasteiger partial charge in [-0.05, 0) is 50.5 Å². The molecular formula is C15H20N2O2. The molecule has 0 bridgehead atoms. The van der Waals surface area contributed by atoms with Gasteiger partial charge in [0.15, 0.2) is 0 Å². The van der Waals surface area contributed by atoms with Crippen molar-refractivity contribution in [3.8, 4) is 17.0 Å². The highest BCUT2D eigenvalue weighted by atomic mass is 16.5. The fourth-order valence-electron chi connectivity index (χ4n) is 2.41. The molecule has 2 rings (SSSR count). The Labute approximate surface area is 113 Å². The number of nitrogens with zero attached hydrogens (tertiary/aromatic N) is 1. The van der Waals surface area contributed by atoms with Gasteiger partial charge in [-0.25, -0.2) is 4.98 Å². The highest BCUT2D eigenvalue weighted by molar-refractivity contribution is 5.70. The van der Waals surface area contributed by atoms with Crippen LogP contribution in [0.25, 0.3) is 11.3 Å². The zero-order valence-electron chi connectivity index (χ0n) is 12.1. The van der Waals surface area contributed by atoms with Crippen LogP contribution in [0.1, 0.15) is 28.3 Å². The van der Waals surface area contributed by atoms with Crippen LogP contribution in [0.3, 0.4) is 0 Å². The van der Waals surface area contributed by atoms with Crippen molar-refractivity contribution in [1.29, 1.82) is 0 Å². The number of aryl methyl sites for hydroxylation is 2. The van der Waals surface area contributed by atoms with E-state index in [0.29, 0.717) is 12.4 Å². The second kappa shape index (κ2) is 5.05. The van der Waals surface area contributed by atoms with E-state index in [2.05, 4.69) is 24.9 Å². The molecule has 0 radical (unpaired) electrons. The number of oxazole rings is 1. The van der Waals surface area contributed by atoms with Crippen LogP contribution in [-0.2, 0) is 6.54 Å². The largest absolute Gasteiger partial charge is 0.496 e. The molecular weight excluding hydrogens is 240 g/mol. The topological polar surface area (TPSA) is 61.3 Å². The van der Waals surface area contributed by atoms with Crippen LogP contribution >= 0.6 is 0 Å². The Morgan fingerprint density at radius 2 is 1.89 bits per heavy atom. The normalized spacial score (nSPS) is 10.8. The maximum absolute atomic E-state index is 5.58. The molecule has 0 aliphatic rings. The van der Waals surface area contributed by atoms with E-state index in [0.717, 1.165) is 39.5 Å². The highest BCUT2D eigenvalue weighted by Gasteiger charge is 2.17. The maximum atomic E-state index is 5.58. The standard InChI is InChI=1S/C15H20N2O2/c1-8-6-12(9(2)10(3)15(8)18-5)14-11(4)19-13(7-16)17-14/h6H,7,16H2,1-5H3. The monoisotopic (exact) mass is 260 g/mol. The Balaban J connectivity index is 2.66. The van der Waals surface area contributed by atoms with Gasteiger partial charge in [-0.2, -0.15) is 0 Å². The van der Waals surface area contributed by atoms with Crippen LogP contribution in [0.5, 0.6) is 5.75 Å². The molecule has 0 atom stereocenters. The molecule has 2 aromatic rings. The molecule has 0 saturated carbocycles. The minimum atomic E-state index is 0.313. The molecule has 4 heteroatoms. The van der Waals surface area contributed by atoms with E-state index in [-0.39, 0.29) is 0 Å². The van der Waals surface area contributed by atoms with E-state index in [1.807, 2.05) is 13.8 Å². The summed E-state index contributed by atoms with van der Waals surface area (Å²) in [5.74, 6) is 2.30. The van der Waals surface area contributed by atoms with Crippen molar-refractivity contribution in [2.24, 2.45) is 5.73 Å². The highest BCUT2D eigenvalue weighted by Crippen LogP contribution is 2.35. The van der Waals surface area contributed by atoms with E-state index in [1.54, 1.807) is 7.11 Å². The summed E-state index contributed by atoms with van der Waals surface area (Å²) < 4.78 is 11.0. The third-order valence-electron chi connectivity index (χ3n) is 3.50. The summed E-state index contributed by atoms with van der Waals surface area (Å²) in [4.78, 5) is 4.46. The first-order valence-corrected chi connectivity index (χ1v) is 6.31. The second-order valence-corrected chi connectivity index (χ2v) is 4.74. The van der Waals surface area contributed by atoms with Gasteiger partial charge in [0, 0.05) is 5.56 Å². The number of rotatable bonds is 3. The van der Waals surface area contributed by atoms with Gasteiger partial charge in [0.05, 0.1) is 13.7 Å². The van der Waals surface area contributed by atoms with Crippen molar-refractivity contribution < 1.29 is 9.15 Å². The fourth-order valence-corrected chi connectivity index (χ4v) is 2.41. The summed E-state index contributed by atoms with van der Waals surface area (Å²) in [5.41, 5.74) is 10.9. The van der Waals surface area contributed by atoms with Crippen LogP contribution in [-0.4, -0.2) is 12.1 Å². The summed E-state index contributed by atoms with van der Waals surface area (Å²) in [6.07, 6.45) is 0. The summed E-state index contributed by atoms with van der Waals surface area (Å²) in [5, 5.41) is 0. The van der Waals surface area contributed by atoms with Crippen molar-refractivity contribution in [1.82, 2.24) is 4.98 Å². The Morgan fingerprint density at radius 1 is 1.21 bits per heavy atom. The number of methoxy groups -OCH3 is 1. The summed E-state index contributed by atoms with van der Waals surface area (Å²) in [6.45, 7) is 8.39. The van der Waals surface area contributed by atoms with Crippen molar-refractivity contribution in [3.05, 3.63) is 34.4 Å². The van der Waals surface area contributed by atoms with E-state index >= 15 is 0 Å². The van der Waals surface area contributed by atoms with Gasteiger partial charge in [-0.15, -0.1) is 0 Å². The number of hydrogen-bond donors (Lipinski definition) is 1. The Bertz CT molecular complexity index is 615. The molecule has 102 valence electrons. The number of benzene rings is 1. The van der Waals surface area contributed by atoms with Crippen molar-refractivity contribution in [3.63, 3.8) is 0 Å². The average Bonchev–Trinajstić information content (AvgIpc) is 2.76. The van der Waals surface area contributed by atoms with Crippen LogP contribution in [0.4, 0.5) is 0 Å². The van der Waals surface area contributed by atoms with Gasteiger partial charge in [0.2, 0.25) is 5.89 Å². The zero-order valence-corrected chi connectivity index (χ0v) is 12.1. The zero-order chi connectivity index (χ0) is 14.2. The fraction of sp³-hybridized carbons (Fsp3) is 0.400. The SMILES string of the molecule is COc1c(C)cc(-c2nc(CN)oc2C)c(C)c1C. The van der Waals surface area contributed by atoms with Crippen LogP contribution < -0.4 is 10.5 Å². The lowest BCUT2D eigenvalue weighted by atomic mass is 9.96. The van der Waals surface area contributed by atoms with Crippen LogP contribution in [0, 0.1) is 27.7 Å². The van der Waals surface area contributed by atoms with Crippen LogP contribution in [0.15, 0.2) is 10.5 Å². The van der Waals surface area contributed by atoms with Gasteiger partial charge in [0.25, 0.3) is 0 Å². The van der Waals surface area contributed by atoms with Gasteiger partial charge < -0.3 is 14.9 Å². The molecule has 1 aromatic heterocycles. The number of ether oxygens (including phenoxy) is 1. The van der Waals surface area contributed by atoms with Crippen molar-refractivity contribution in [2.45, 2.75) is 34.2 Å². The molecule has 0 amide bonds.